The maximum Gasteiger partial charge on any atom is 0.256 e. The number of rotatable bonds is 6. The van der Waals surface area contributed by atoms with Gasteiger partial charge in [0.05, 0.1) is 0 Å². The minimum atomic E-state index is -0.777. The Morgan fingerprint density at radius 3 is 2.20 bits per heavy atom. The van der Waals surface area contributed by atoms with Crippen LogP contribution in [0.25, 0.3) is 0 Å². The molecule has 0 bridgehead atoms. The largest absolute Gasteiger partial charge is 0.368 e. The molecule has 1 heterocycles. The maximum absolute atomic E-state index is 12.6. The third kappa shape index (κ3) is 4.93. The molecule has 25 heavy (non-hydrogen) atoms. The average molecular weight is 370 g/mol. The smallest absolute Gasteiger partial charge is 0.256 e. The number of ether oxygens (including phenoxy) is 1. The molecule has 0 aromatic heterocycles. The van der Waals surface area contributed by atoms with Crippen molar-refractivity contribution >= 4 is 29.9 Å². The lowest BCUT2D eigenvalue weighted by Crippen LogP contribution is -2.51. The number of nitrogens with one attached hydrogen (secondary N) is 2. The standard InChI is InChI=1S/C18H27N3O3.ClH/c1-4-21(5-2)16(22)14-6-8-15(9-7-14)20-17(23)18(24-3)10-12-19-13-11-18;/h6-9,19H,4-5,10-13H2,1-3H3,(H,20,23);1H. The predicted octanol–water partition coefficient (Wildman–Crippen LogP) is 2.30. The van der Waals surface area contributed by atoms with Crippen molar-refractivity contribution in [1.82, 2.24) is 10.2 Å². The van der Waals surface area contributed by atoms with Crippen molar-refractivity contribution in [3.05, 3.63) is 29.8 Å². The van der Waals surface area contributed by atoms with Gasteiger partial charge in [0.2, 0.25) is 0 Å². The van der Waals surface area contributed by atoms with Crippen LogP contribution in [0.15, 0.2) is 24.3 Å². The van der Waals surface area contributed by atoms with E-state index < -0.39 is 5.60 Å². The van der Waals surface area contributed by atoms with Crippen LogP contribution in [0.3, 0.4) is 0 Å². The minimum Gasteiger partial charge on any atom is -0.368 e. The first-order valence-corrected chi connectivity index (χ1v) is 8.53. The van der Waals surface area contributed by atoms with Gasteiger partial charge in [0.15, 0.2) is 0 Å². The summed E-state index contributed by atoms with van der Waals surface area (Å²) in [5, 5.41) is 6.14. The van der Waals surface area contributed by atoms with E-state index in [9.17, 15) is 9.59 Å². The van der Waals surface area contributed by atoms with Crippen molar-refractivity contribution in [2.75, 3.05) is 38.6 Å². The first-order valence-electron chi connectivity index (χ1n) is 8.53. The lowest BCUT2D eigenvalue weighted by Gasteiger charge is -2.34. The van der Waals surface area contributed by atoms with Gasteiger partial charge in [0.25, 0.3) is 11.8 Å². The number of anilines is 1. The molecule has 2 rings (SSSR count). The Labute approximate surface area is 155 Å². The molecule has 0 saturated carbocycles. The Kier molecular flexibility index (Phi) is 8.35. The Morgan fingerprint density at radius 2 is 1.72 bits per heavy atom. The van der Waals surface area contributed by atoms with Crippen LogP contribution in [0.5, 0.6) is 0 Å². The summed E-state index contributed by atoms with van der Waals surface area (Å²) >= 11 is 0. The highest BCUT2D eigenvalue weighted by atomic mass is 35.5. The van der Waals surface area contributed by atoms with Crippen LogP contribution in [0.4, 0.5) is 5.69 Å². The van der Waals surface area contributed by atoms with Gasteiger partial charge in [-0.25, -0.2) is 0 Å². The summed E-state index contributed by atoms with van der Waals surface area (Å²) in [7, 11) is 1.58. The van der Waals surface area contributed by atoms with Crippen molar-refractivity contribution < 1.29 is 14.3 Å². The number of carbonyl (C=O) groups is 2. The van der Waals surface area contributed by atoms with Gasteiger partial charge in [-0.05, 0) is 64.0 Å². The van der Waals surface area contributed by atoms with Crippen LogP contribution in [0, 0.1) is 0 Å². The number of halogens is 1. The number of benzene rings is 1. The normalized spacial score (nSPS) is 15.8. The molecule has 1 fully saturated rings. The van der Waals surface area contributed by atoms with E-state index in [1.807, 2.05) is 13.8 Å². The number of carbonyl (C=O) groups excluding carboxylic acids is 2. The van der Waals surface area contributed by atoms with Crippen LogP contribution in [0.2, 0.25) is 0 Å². The van der Waals surface area contributed by atoms with Crippen LogP contribution < -0.4 is 10.6 Å². The monoisotopic (exact) mass is 369 g/mol. The molecule has 0 radical (unpaired) electrons. The molecule has 0 unspecified atom stereocenters. The highest BCUT2D eigenvalue weighted by Crippen LogP contribution is 2.24. The topological polar surface area (TPSA) is 70.7 Å². The summed E-state index contributed by atoms with van der Waals surface area (Å²) in [5.74, 6) is -0.126. The summed E-state index contributed by atoms with van der Waals surface area (Å²) < 4.78 is 5.52. The van der Waals surface area contributed by atoms with Gasteiger partial charge in [-0.3, -0.25) is 9.59 Å². The summed E-state index contributed by atoms with van der Waals surface area (Å²) in [6.07, 6.45) is 1.29. The van der Waals surface area contributed by atoms with Gasteiger partial charge in [-0.2, -0.15) is 0 Å². The molecule has 1 aromatic rings. The van der Waals surface area contributed by atoms with Crippen molar-refractivity contribution in [3.63, 3.8) is 0 Å². The summed E-state index contributed by atoms with van der Waals surface area (Å²) in [4.78, 5) is 26.7. The molecular formula is C18H28ClN3O3. The minimum absolute atomic E-state index is 0. The zero-order chi connectivity index (χ0) is 17.6. The average Bonchev–Trinajstić information content (AvgIpc) is 2.63. The van der Waals surface area contributed by atoms with Crippen molar-refractivity contribution in [2.45, 2.75) is 32.3 Å². The second kappa shape index (κ2) is 9.75. The SMILES string of the molecule is CCN(CC)C(=O)c1ccc(NC(=O)C2(OC)CCNCC2)cc1.Cl. The Morgan fingerprint density at radius 1 is 1.16 bits per heavy atom. The number of nitrogens with zero attached hydrogens (tertiary/aromatic N) is 1. The molecular weight excluding hydrogens is 342 g/mol. The van der Waals surface area contributed by atoms with E-state index in [4.69, 9.17) is 4.74 Å². The fraction of sp³-hybridized carbons (Fsp3) is 0.556. The van der Waals surface area contributed by atoms with E-state index in [0.29, 0.717) is 37.2 Å². The van der Waals surface area contributed by atoms with Gasteiger partial charge < -0.3 is 20.3 Å². The molecule has 2 amide bonds. The molecule has 1 aliphatic rings. The molecule has 1 saturated heterocycles. The number of methoxy groups -OCH3 is 1. The molecule has 1 aliphatic heterocycles. The van der Waals surface area contributed by atoms with Crippen LogP contribution in [0.1, 0.15) is 37.0 Å². The Balaban J connectivity index is 0.00000312. The first-order chi connectivity index (χ1) is 11.6. The maximum atomic E-state index is 12.6. The van der Waals surface area contributed by atoms with E-state index in [1.54, 1.807) is 36.3 Å². The molecule has 0 spiro atoms. The second-order valence-corrected chi connectivity index (χ2v) is 5.96. The molecule has 6 nitrogen and oxygen atoms in total. The lowest BCUT2D eigenvalue weighted by molar-refractivity contribution is -0.140. The molecule has 140 valence electrons. The van der Waals surface area contributed by atoms with Gasteiger partial charge in [0, 0.05) is 31.5 Å². The van der Waals surface area contributed by atoms with Gasteiger partial charge >= 0.3 is 0 Å². The second-order valence-electron chi connectivity index (χ2n) is 5.96. The van der Waals surface area contributed by atoms with E-state index in [1.165, 1.54) is 0 Å². The van der Waals surface area contributed by atoms with Crippen molar-refractivity contribution in [1.29, 1.82) is 0 Å². The number of amides is 2. The molecule has 2 N–H and O–H groups in total. The van der Waals surface area contributed by atoms with Gasteiger partial charge in [-0.15, -0.1) is 12.4 Å². The van der Waals surface area contributed by atoms with Crippen LogP contribution in [-0.4, -0.2) is 55.6 Å². The Hall–Kier alpha value is -1.63. The van der Waals surface area contributed by atoms with E-state index in [0.717, 1.165) is 13.1 Å². The molecule has 7 heteroatoms. The fourth-order valence-electron chi connectivity index (χ4n) is 2.99. The number of hydrogen-bond acceptors (Lipinski definition) is 4. The quantitative estimate of drug-likeness (QED) is 0.807. The van der Waals surface area contributed by atoms with Crippen molar-refractivity contribution in [3.8, 4) is 0 Å². The third-order valence-electron chi connectivity index (χ3n) is 4.66. The van der Waals surface area contributed by atoms with E-state index in [-0.39, 0.29) is 24.2 Å². The first kappa shape index (κ1) is 21.4. The molecule has 0 atom stereocenters. The van der Waals surface area contributed by atoms with E-state index in [2.05, 4.69) is 10.6 Å². The van der Waals surface area contributed by atoms with Gasteiger partial charge in [-0.1, -0.05) is 0 Å². The van der Waals surface area contributed by atoms with Crippen molar-refractivity contribution in [2.24, 2.45) is 0 Å². The third-order valence-corrected chi connectivity index (χ3v) is 4.66. The van der Waals surface area contributed by atoms with Crippen LogP contribution in [-0.2, 0) is 9.53 Å². The molecule has 0 aliphatic carbocycles. The highest BCUT2D eigenvalue weighted by Gasteiger charge is 2.39. The summed E-state index contributed by atoms with van der Waals surface area (Å²) in [6, 6.07) is 7.02. The van der Waals surface area contributed by atoms with Gasteiger partial charge in [0.1, 0.15) is 5.60 Å². The summed E-state index contributed by atoms with van der Waals surface area (Å²) in [5.41, 5.74) is 0.520. The predicted molar refractivity (Wildman–Crippen MR) is 101 cm³/mol. The van der Waals surface area contributed by atoms with E-state index >= 15 is 0 Å². The lowest BCUT2D eigenvalue weighted by atomic mass is 9.91. The molecule has 1 aromatic carbocycles. The zero-order valence-electron chi connectivity index (χ0n) is 15.1. The summed E-state index contributed by atoms with van der Waals surface area (Å²) in [6.45, 7) is 6.80. The highest BCUT2D eigenvalue weighted by molar-refractivity contribution is 5.98. The number of piperidine rings is 1. The van der Waals surface area contributed by atoms with Crippen LogP contribution >= 0.6 is 12.4 Å². The Bertz CT molecular complexity index is 567. The zero-order valence-corrected chi connectivity index (χ0v) is 15.9. The number of hydrogen-bond donors (Lipinski definition) is 2. The fourth-order valence-corrected chi connectivity index (χ4v) is 2.99.